The van der Waals surface area contributed by atoms with Gasteiger partial charge in [0.2, 0.25) is 0 Å². The van der Waals surface area contributed by atoms with E-state index >= 15 is 0 Å². The molecule has 0 aliphatic carbocycles. The van der Waals surface area contributed by atoms with Crippen LogP contribution in [-0.2, 0) is 5.41 Å². The van der Waals surface area contributed by atoms with Gasteiger partial charge >= 0.3 is 0 Å². The lowest BCUT2D eigenvalue weighted by Gasteiger charge is -2.14. The zero-order valence-electron chi connectivity index (χ0n) is 11.0. The molecule has 1 aromatic carbocycles. The maximum absolute atomic E-state index is 5.23. The fourth-order valence-corrected chi connectivity index (χ4v) is 3.13. The van der Waals surface area contributed by atoms with Gasteiger partial charge in [0.1, 0.15) is 10.8 Å². The van der Waals surface area contributed by atoms with E-state index in [-0.39, 0.29) is 5.41 Å². The van der Waals surface area contributed by atoms with Gasteiger partial charge in [-0.1, -0.05) is 20.8 Å². The van der Waals surface area contributed by atoms with Crippen molar-refractivity contribution in [2.24, 2.45) is 0 Å². The molecule has 96 valence electrons. The standard InChI is InChI=1S/C14H16BrNOS/c1-14(2,3)12-8-18-13(16-12)9-5-6-11(17-4)10(15)7-9/h5-8H,1-4H3. The third kappa shape index (κ3) is 2.75. The van der Waals surface area contributed by atoms with Crippen LogP contribution in [0.3, 0.4) is 0 Å². The van der Waals surface area contributed by atoms with Crippen molar-refractivity contribution in [3.8, 4) is 16.3 Å². The largest absolute Gasteiger partial charge is 0.496 e. The number of methoxy groups -OCH3 is 1. The van der Waals surface area contributed by atoms with Gasteiger partial charge < -0.3 is 4.74 Å². The van der Waals surface area contributed by atoms with E-state index < -0.39 is 0 Å². The number of hydrogen-bond acceptors (Lipinski definition) is 3. The van der Waals surface area contributed by atoms with Crippen molar-refractivity contribution in [1.29, 1.82) is 0 Å². The van der Waals surface area contributed by atoms with E-state index in [1.807, 2.05) is 18.2 Å². The smallest absolute Gasteiger partial charge is 0.133 e. The fraction of sp³-hybridized carbons (Fsp3) is 0.357. The molecule has 0 radical (unpaired) electrons. The lowest BCUT2D eigenvalue weighted by atomic mass is 9.93. The topological polar surface area (TPSA) is 22.1 Å². The van der Waals surface area contributed by atoms with Crippen LogP contribution < -0.4 is 4.74 Å². The van der Waals surface area contributed by atoms with Gasteiger partial charge in [0.25, 0.3) is 0 Å². The molecule has 0 amide bonds. The van der Waals surface area contributed by atoms with Gasteiger partial charge in [-0.3, -0.25) is 0 Å². The molecular formula is C14H16BrNOS. The van der Waals surface area contributed by atoms with E-state index in [4.69, 9.17) is 9.72 Å². The molecule has 2 nitrogen and oxygen atoms in total. The summed E-state index contributed by atoms with van der Waals surface area (Å²) in [6, 6.07) is 6.04. The summed E-state index contributed by atoms with van der Waals surface area (Å²) in [6.07, 6.45) is 0. The van der Waals surface area contributed by atoms with E-state index in [2.05, 4.69) is 42.1 Å². The van der Waals surface area contributed by atoms with Crippen LogP contribution >= 0.6 is 27.3 Å². The van der Waals surface area contributed by atoms with E-state index in [1.54, 1.807) is 18.4 Å². The first-order chi connectivity index (χ1) is 8.41. The Morgan fingerprint density at radius 2 is 2.00 bits per heavy atom. The predicted octanol–water partition coefficient (Wildman–Crippen LogP) is 4.88. The van der Waals surface area contributed by atoms with E-state index in [0.29, 0.717) is 0 Å². The number of hydrogen-bond donors (Lipinski definition) is 0. The summed E-state index contributed by atoms with van der Waals surface area (Å²) in [4.78, 5) is 4.71. The predicted molar refractivity (Wildman–Crippen MR) is 80.5 cm³/mol. The minimum absolute atomic E-state index is 0.0957. The van der Waals surface area contributed by atoms with Gasteiger partial charge in [0, 0.05) is 16.4 Å². The molecule has 0 unspecified atom stereocenters. The Labute approximate surface area is 120 Å². The SMILES string of the molecule is COc1ccc(-c2nc(C(C)(C)C)cs2)cc1Br. The second kappa shape index (κ2) is 5.02. The Bertz CT molecular complexity index is 557. The van der Waals surface area contributed by atoms with Crippen LogP contribution in [0.25, 0.3) is 10.6 Å². The zero-order chi connectivity index (χ0) is 13.3. The maximum atomic E-state index is 5.23. The summed E-state index contributed by atoms with van der Waals surface area (Å²) in [5, 5.41) is 3.18. The molecule has 0 aliphatic rings. The first-order valence-corrected chi connectivity index (χ1v) is 7.39. The highest BCUT2D eigenvalue weighted by molar-refractivity contribution is 9.10. The molecule has 0 saturated heterocycles. The summed E-state index contributed by atoms with van der Waals surface area (Å²) < 4.78 is 6.19. The molecule has 0 saturated carbocycles. The molecule has 0 spiro atoms. The van der Waals surface area contributed by atoms with Crippen LogP contribution in [0, 0.1) is 0 Å². The minimum Gasteiger partial charge on any atom is -0.496 e. The third-order valence-electron chi connectivity index (χ3n) is 2.67. The number of rotatable bonds is 2. The Kier molecular flexibility index (Phi) is 3.78. The number of ether oxygens (including phenoxy) is 1. The Hall–Kier alpha value is -0.870. The molecule has 0 aliphatic heterocycles. The number of nitrogens with zero attached hydrogens (tertiary/aromatic N) is 1. The number of aromatic nitrogens is 1. The number of halogens is 1. The molecule has 4 heteroatoms. The Morgan fingerprint density at radius 3 is 2.50 bits per heavy atom. The Balaban J connectivity index is 2.38. The summed E-state index contributed by atoms with van der Waals surface area (Å²) in [6.45, 7) is 6.53. The number of benzene rings is 1. The van der Waals surface area contributed by atoms with E-state index in [0.717, 1.165) is 26.5 Å². The van der Waals surface area contributed by atoms with Gasteiger partial charge in [-0.15, -0.1) is 11.3 Å². The van der Waals surface area contributed by atoms with E-state index in [1.165, 1.54) is 0 Å². The van der Waals surface area contributed by atoms with Crippen LogP contribution in [0.5, 0.6) is 5.75 Å². The van der Waals surface area contributed by atoms with Crippen LogP contribution in [0.2, 0.25) is 0 Å². The van der Waals surface area contributed by atoms with Crippen molar-refractivity contribution in [2.45, 2.75) is 26.2 Å². The normalized spacial score (nSPS) is 11.6. The van der Waals surface area contributed by atoms with E-state index in [9.17, 15) is 0 Å². The zero-order valence-corrected chi connectivity index (χ0v) is 13.4. The Morgan fingerprint density at radius 1 is 1.28 bits per heavy atom. The summed E-state index contributed by atoms with van der Waals surface area (Å²) >= 11 is 5.18. The molecule has 1 heterocycles. The van der Waals surface area contributed by atoms with Crippen molar-refractivity contribution in [3.63, 3.8) is 0 Å². The monoisotopic (exact) mass is 325 g/mol. The average Bonchev–Trinajstić information content (AvgIpc) is 2.77. The molecule has 18 heavy (non-hydrogen) atoms. The third-order valence-corrected chi connectivity index (χ3v) is 4.18. The quantitative estimate of drug-likeness (QED) is 0.785. The molecule has 0 N–H and O–H groups in total. The van der Waals surface area contributed by atoms with Gasteiger partial charge in [0.05, 0.1) is 17.3 Å². The first-order valence-electron chi connectivity index (χ1n) is 5.72. The van der Waals surface area contributed by atoms with Gasteiger partial charge in [0.15, 0.2) is 0 Å². The molecule has 0 atom stereocenters. The molecule has 0 fully saturated rings. The highest BCUT2D eigenvalue weighted by Crippen LogP contribution is 2.34. The molecule has 2 rings (SSSR count). The van der Waals surface area contributed by atoms with Crippen molar-refractivity contribution in [2.75, 3.05) is 7.11 Å². The first kappa shape index (κ1) is 13.6. The van der Waals surface area contributed by atoms with Crippen molar-refractivity contribution < 1.29 is 4.74 Å². The molecule has 2 aromatic rings. The van der Waals surface area contributed by atoms with Gasteiger partial charge in [-0.05, 0) is 34.1 Å². The average molecular weight is 326 g/mol. The molecule has 1 aromatic heterocycles. The highest BCUT2D eigenvalue weighted by Gasteiger charge is 2.18. The van der Waals surface area contributed by atoms with Crippen LogP contribution in [0.1, 0.15) is 26.5 Å². The van der Waals surface area contributed by atoms with Gasteiger partial charge in [-0.25, -0.2) is 4.98 Å². The second-order valence-electron chi connectivity index (χ2n) is 5.14. The summed E-state index contributed by atoms with van der Waals surface area (Å²) in [7, 11) is 1.67. The lowest BCUT2D eigenvalue weighted by molar-refractivity contribution is 0.412. The van der Waals surface area contributed by atoms with Gasteiger partial charge in [-0.2, -0.15) is 0 Å². The summed E-state index contributed by atoms with van der Waals surface area (Å²) in [5.74, 6) is 0.839. The molecular weight excluding hydrogens is 310 g/mol. The maximum Gasteiger partial charge on any atom is 0.133 e. The second-order valence-corrected chi connectivity index (χ2v) is 6.85. The minimum atomic E-state index is 0.0957. The number of thiazole rings is 1. The summed E-state index contributed by atoms with van der Waals surface area (Å²) in [5.41, 5.74) is 2.34. The fourth-order valence-electron chi connectivity index (χ4n) is 1.55. The van der Waals surface area contributed by atoms with Crippen LogP contribution in [-0.4, -0.2) is 12.1 Å². The van der Waals surface area contributed by atoms with Crippen molar-refractivity contribution in [3.05, 3.63) is 33.7 Å². The van der Waals surface area contributed by atoms with Crippen LogP contribution in [0.15, 0.2) is 28.1 Å². The van der Waals surface area contributed by atoms with Crippen molar-refractivity contribution >= 4 is 27.3 Å². The van der Waals surface area contributed by atoms with Crippen LogP contribution in [0.4, 0.5) is 0 Å². The van der Waals surface area contributed by atoms with Crippen molar-refractivity contribution in [1.82, 2.24) is 4.98 Å². The lowest BCUT2D eigenvalue weighted by Crippen LogP contribution is -2.11. The molecule has 0 bridgehead atoms. The highest BCUT2D eigenvalue weighted by atomic mass is 79.9.